The van der Waals surface area contributed by atoms with Crippen LogP contribution in [-0.4, -0.2) is 19.1 Å². The van der Waals surface area contributed by atoms with Crippen molar-refractivity contribution in [2.75, 3.05) is 12.4 Å². The van der Waals surface area contributed by atoms with E-state index >= 15 is 0 Å². The van der Waals surface area contributed by atoms with E-state index in [2.05, 4.69) is 5.32 Å². The first-order chi connectivity index (χ1) is 13.4. The van der Waals surface area contributed by atoms with Gasteiger partial charge in [0.1, 0.15) is 11.6 Å². The number of ether oxygens (including phenoxy) is 2. The Morgan fingerprint density at radius 1 is 1.32 bits per heavy atom. The molecule has 6 heteroatoms. The quantitative estimate of drug-likeness (QED) is 0.502. The highest BCUT2D eigenvalue weighted by Gasteiger charge is 2.16. The maximum Gasteiger partial charge on any atom is 0.266 e. The standard InChI is InChI=1S/C22H23ClN2O3/c1-5-15(3)28-21-19(23)11-16(12-20(21)27-4)10-17(13-24)22(26)25-18-8-6-14(2)7-9-18/h6-12,15H,5H2,1-4H3,(H,25,26). The van der Waals surface area contributed by atoms with Gasteiger partial charge in [-0.1, -0.05) is 36.2 Å². The lowest BCUT2D eigenvalue weighted by molar-refractivity contribution is -0.112. The molecule has 28 heavy (non-hydrogen) atoms. The number of benzene rings is 2. The molecule has 5 nitrogen and oxygen atoms in total. The Morgan fingerprint density at radius 2 is 2.00 bits per heavy atom. The third-order valence-corrected chi connectivity index (χ3v) is 4.41. The van der Waals surface area contributed by atoms with Crippen molar-refractivity contribution in [3.63, 3.8) is 0 Å². The molecular formula is C22H23ClN2O3. The van der Waals surface area contributed by atoms with Crippen molar-refractivity contribution in [1.29, 1.82) is 5.26 Å². The SMILES string of the molecule is CCC(C)Oc1c(Cl)cc(C=C(C#N)C(=O)Nc2ccc(C)cc2)cc1OC. The third kappa shape index (κ3) is 5.51. The van der Waals surface area contributed by atoms with Gasteiger partial charge in [0.25, 0.3) is 5.91 Å². The van der Waals surface area contributed by atoms with Crippen LogP contribution in [0.2, 0.25) is 5.02 Å². The van der Waals surface area contributed by atoms with Crippen LogP contribution in [0, 0.1) is 18.3 Å². The Kier molecular flexibility index (Phi) is 7.48. The molecule has 0 fully saturated rings. The number of rotatable bonds is 7. The Hall–Kier alpha value is -2.97. The van der Waals surface area contributed by atoms with Gasteiger partial charge in [0.15, 0.2) is 11.5 Å². The van der Waals surface area contributed by atoms with Gasteiger partial charge >= 0.3 is 0 Å². The third-order valence-electron chi connectivity index (χ3n) is 4.13. The lowest BCUT2D eigenvalue weighted by atomic mass is 10.1. The Labute approximate surface area is 170 Å². The van der Waals surface area contributed by atoms with Crippen molar-refractivity contribution in [1.82, 2.24) is 0 Å². The highest BCUT2D eigenvalue weighted by atomic mass is 35.5. The number of anilines is 1. The molecule has 0 saturated carbocycles. The van der Waals surface area contributed by atoms with Gasteiger partial charge in [-0.25, -0.2) is 0 Å². The summed E-state index contributed by atoms with van der Waals surface area (Å²) in [7, 11) is 1.51. The normalized spacial score (nSPS) is 12.1. The molecule has 1 atom stereocenters. The highest BCUT2D eigenvalue weighted by Crippen LogP contribution is 2.38. The van der Waals surface area contributed by atoms with Crippen LogP contribution in [0.5, 0.6) is 11.5 Å². The van der Waals surface area contributed by atoms with Gasteiger partial charge in [0.05, 0.1) is 18.2 Å². The van der Waals surface area contributed by atoms with Crippen molar-refractivity contribution in [2.24, 2.45) is 0 Å². The Bertz CT molecular complexity index is 915. The zero-order chi connectivity index (χ0) is 20.7. The van der Waals surface area contributed by atoms with Crippen LogP contribution in [-0.2, 0) is 4.79 Å². The molecule has 1 N–H and O–H groups in total. The molecule has 0 aromatic heterocycles. The van der Waals surface area contributed by atoms with Gasteiger partial charge in [-0.05, 0) is 56.2 Å². The van der Waals surface area contributed by atoms with Crippen LogP contribution in [0.4, 0.5) is 5.69 Å². The summed E-state index contributed by atoms with van der Waals surface area (Å²) in [4.78, 5) is 12.4. The van der Waals surface area contributed by atoms with Crippen molar-refractivity contribution < 1.29 is 14.3 Å². The lowest BCUT2D eigenvalue weighted by Gasteiger charge is -2.17. The number of methoxy groups -OCH3 is 1. The first kappa shape index (κ1) is 21.3. The summed E-state index contributed by atoms with van der Waals surface area (Å²) < 4.78 is 11.2. The van der Waals surface area contributed by atoms with Crippen LogP contribution < -0.4 is 14.8 Å². The van der Waals surface area contributed by atoms with E-state index in [1.165, 1.54) is 13.2 Å². The molecular weight excluding hydrogens is 376 g/mol. The van der Waals surface area contributed by atoms with E-state index < -0.39 is 5.91 Å². The zero-order valence-electron chi connectivity index (χ0n) is 16.4. The number of hydrogen-bond acceptors (Lipinski definition) is 4. The van der Waals surface area contributed by atoms with Crippen molar-refractivity contribution in [2.45, 2.75) is 33.3 Å². The van der Waals surface area contributed by atoms with E-state index in [0.717, 1.165) is 12.0 Å². The average molecular weight is 399 g/mol. The van der Waals surface area contributed by atoms with Crippen molar-refractivity contribution >= 4 is 29.3 Å². The monoisotopic (exact) mass is 398 g/mol. The van der Waals surface area contributed by atoms with Gasteiger partial charge < -0.3 is 14.8 Å². The number of hydrogen-bond donors (Lipinski definition) is 1. The molecule has 0 spiro atoms. The van der Waals surface area contributed by atoms with Crippen LogP contribution in [0.25, 0.3) is 6.08 Å². The lowest BCUT2D eigenvalue weighted by Crippen LogP contribution is -2.13. The topological polar surface area (TPSA) is 71.3 Å². The van der Waals surface area contributed by atoms with E-state index in [9.17, 15) is 10.1 Å². The molecule has 2 rings (SSSR count). The number of carbonyl (C=O) groups excluding carboxylic acids is 1. The summed E-state index contributed by atoms with van der Waals surface area (Å²) in [5, 5.41) is 12.5. The van der Waals surface area contributed by atoms with Gasteiger partial charge in [-0.15, -0.1) is 0 Å². The van der Waals surface area contributed by atoms with Crippen LogP contribution in [0.15, 0.2) is 42.0 Å². The highest BCUT2D eigenvalue weighted by molar-refractivity contribution is 6.32. The fraction of sp³-hybridized carbons (Fsp3) is 0.273. The minimum absolute atomic E-state index is 0.0252. The van der Waals surface area contributed by atoms with Gasteiger partial charge in [-0.2, -0.15) is 5.26 Å². The van der Waals surface area contributed by atoms with Crippen molar-refractivity contribution in [3.8, 4) is 17.6 Å². The van der Waals surface area contributed by atoms with E-state index in [-0.39, 0.29) is 11.7 Å². The number of amides is 1. The summed E-state index contributed by atoms with van der Waals surface area (Å²) in [5.41, 5.74) is 2.21. The second-order valence-corrected chi connectivity index (χ2v) is 6.77. The van der Waals surface area contributed by atoms with E-state index in [1.807, 2.05) is 39.0 Å². The maximum atomic E-state index is 12.4. The number of nitrogens with one attached hydrogen (secondary N) is 1. The average Bonchev–Trinajstić information content (AvgIpc) is 2.69. The number of aryl methyl sites for hydroxylation is 1. The summed E-state index contributed by atoms with van der Waals surface area (Å²) in [5.74, 6) is 0.384. The van der Waals surface area contributed by atoms with E-state index in [4.69, 9.17) is 21.1 Å². The van der Waals surface area contributed by atoms with Gasteiger partial charge in [0.2, 0.25) is 0 Å². The fourth-order valence-electron chi connectivity index (χ4n) is 2.37. The Balaban J connectivity index is 2.30. The molecule has 0 aliphatic carbocycles. The Morgan fingerprint density at radius 3 is 2.57 bits per heavy atom. The largest absolute Gasteiger partial charge is 0.493 e. The van der Waals surface area contributed by atoms with Gasteiger partial charge in [0, 0.05) is 5.69 Å². The molecule has 1 unspecified atom stereocenters. The molecule has 146 valence electrons. The maximum absolute atomic E-state index is 12.4. The second-order valence-electron chi connectivity index (χ2n) is 6.36. The minimum Gasteiger partial charge on any atom is -0.493 e. The molecule has 0 bridgehead atoms. The molecule has 0 radical (unpaired) electrons. The first-order valence-corrected chi connectivity index (χ1v) is 9.29. The molecule has 0 aliphatic rings. The summed E-state index contributed by atoms with van der Waals surface area (Å²) in [6.07, 6.45) is 2.26. The van der Waals surface area contributed by atoms with Crippen LogP contribution in [0.1, 0.15) is 31.4 Å². The first-order valence-electron chi connectivity index (χ1n) is 8.92. The summed E-state index contributed by atoms with van der Waals surface area (Å²) in [6.45, 7) is 5.90. The van der Waals surface area contributed by atoms with Crippen LogP contribution in [0.3, 0.4) is 0 Å². The van der Waals surface area contributed by atoms with Crippen LogP contribution >= 0.6 is 11.6 Å². The van der Waals surface area contributed by atoms with Crippen molar-refractivity contribution in [3.05, 3.63) is 58.1 Å². The number of carbonyl (C=O) groups is 1. The summed E-state index contributed by atoms with van der Waals surface area (Å²) >= 11 is 6.35. The molecule has 2 aromatic carbocycles. The smallest absolute Gasteiger partial charge is 0.266 e. The molecule has 0 aliphatic heterocycles. The second kappa shape index (κ2) is 9.82. The van der Waals surface area contributed by atoms with E-state index in [0.29, 0.717) is 27.8 Å². The number of nitriles is 1. The molecule has 0 saturated heterocycles. The fourth-order valence-corrected chi connectivity index (χ4v) is 2.64. The molecule has 0 heterocycles. The van der Waals surface area contributed by atoms with Gasteiger partial charge in [-0.3, -0.25) is 4.79 Å². The predicted octanol–water partition coefficient (Wildman–Crippen LogP) is 5.38. The minimum atomic E-state index is -0.499. The molecule has 2 aromatic rings. The zero-order valence-corrected chi connectivity index (χ0v) is 17.1. The predicted molar refractivity (Wildman–Crippen MR) is 112 cm³/mol. The van der Waals surface area contributed by atoms with E-state index in [1.54, 1.807) is 24.3 Å². The number of halogens is 1. The summed E-state index contributed by atoms with van der Waals surface area (Å²) in [6, 6.07) is 12.6. The number of nitrogens with zero attached hydrogens (tertiary/aromatic N) is 1. The molecule has 1 amide bonds.